The zero-order chi connectivity index (χ0) is 28.7. The van der Waals surface area contributed by atoms with E-state index in [4.69, 9.17) is 62.7 Å². The van der Waals surface area contributed by atoms with Crippen LogP contribution in [-0.4, -0.2) is 41.2 Å². The molecule has 0 radical (unpaired) electrons. The number of carbonyl (C=O) groups is 4. The summed E-state index contributed by atoms with van der Waals surface area (Å²) in [6, 6.07) is 0.792. The number of amides is 3. The monoisotopic (exact) mass is 632 g/mol. The van der Waals surface area contributed by atoms with Gasteiger partial charge in [-0.2, -0.15) is 13.2 Å². The van der Waals surface area contributed by atoms with E-state index in [1.54, 1.807) is 13.8 Å². The van der Waals surface area contributed by atoms with Gasteiger partial charge in [-0.15, -0.1) is 0 Å². The summed E-state index contributed by atoms with van der Waals surface area (Å²) in [4.78, 5) is 52.2. The van der Waals surface area contributed by atoms with Crippen molar-refractivity contribution >= 4 is 87.4 Å². The Hall–Kier alpha value is -2.24. The van der Waals surface area contributed by atoms with Crippen molar-refractivity contribution in [2.24, 2.45) is 5.92 Å². The Balaban J connectivity index is 1.81. The Morgan fingerprint density at radius 3 is 1.95 bits per heavy atom. The number of carbonyl (C=O) groups excluding carboxylic acids is 4. The van der Waals surface area contributed by atoms with Crippen LogP contribution in [-0.2, 0) is 20.5 Å². The van der Waals surface area contributed by atoms with Gasteiger partial charge < -0.3 is 10.1 Å². The second-order valence-electron chi connectivity index (χ2n) is 8.48. The number of benzene rings is 2. The first-order valence-corrected chi connectivity index (χ1v) is 12.5. The van der Waals surface area contributed by atoms with E-state index < -0.39 is 48.1 Å². The molecule has 204 valence electrons. The number of rotatable bonds is 7. The van der Waals surface area contributed by atoms with E-state index in [0.717, 1.165) is 12.1 Å². The Bertz CT molecular complexity index is 1300. The molecule has 3 amide bonds. The fourth-order valence-electron chi connectivity index (χ4n) is 3.62. The summed E-state index contributed by atoms with van der Waals surface area (Å²) in [6.07, 6.45) is -4.75. The minimum atomic E-state index is -4.69. The fourth-order valence-corrected chi connectivity index (χ4v) is 4.80. The third kappa shape index (κ3) is 5.99. The van der Waals surface area contributed by atoms with E-state index in [2.05, 4.69) is 5.32 Å². The van der Waals surface area contributed by atoms with Crippen LogP contribution in [0.15, 0.2) is 18.2 Å². The second-order valence-corrected chi connectivity index (χ2v) is 10.4. The predicted octanol–water partition coefficient (Wildman–Crippen LogP) is 7.17. The average molecular weight is 635 g/mol. The van der Waals surface area contributed by atoms with Gasteiger partial charge in [0.2, 0.25) is 0 Å². The summed E-state index contributed by atoms with van der Waals surface area (Å²) in [5, 5.41) is 0.770. The Morgan fingerprint density at radius 2 is 1.47 bits per heavy atom. The van der Waals surface area contributed by atoms with Gasteiger partial charge in [0.15, 0.2) is 6.61 Å². The molecular weight excluding hydrogens is 619 g/mol. The molecule has 0 saturated carbocycles. The third-order valence-electron chi connectivity index (χ3n) is 5.32. The first-order valence-electron chi connectivity index (χ1n) is 10.6. The number of anilines is 1. The molecule has 2 aromatic rings. The molecule has 0 bridgehead atoms. The van der Waals surface area contributed by atoms with Crippen LogP contribution >= 0.6 is 58.0 Å². The van der Waals surface area contributed by atoms with Crippen molar-refractivity contribution in [1.82, 2.24) is 4.90 Å². The summed E-state index contributed by atoms with van der Waals surface area (Å²) in [7, 11) is 0. The van der Waals surface area contributed by atoms with Crippen molar-refractivity contribution in [2.45, 2.75) is 32.5 Å². The molecule has 0 aliphatic carbocycles. The lowest BCUT2D eigenvalue weighted by Crippen LogP contribution is -2.47. The highest BCUT2D eigenvalue weighted by Gasteiger charge is 2.47. The van der Waals surface area contributed by atoms with E-state index in [0.29, 0.717) is 11.0 Å². The fraction of sp³-hybridized carbons (Fsp3) is 0.304. The van der Waals surface area contributed by atoms with Gasteiger partial charge in [-0.05, 0) is 30.5 Å². The molecule has 1 aliphatic rings. The van der Waals surface area contributed by atoms with E-state index in [1.807, 2.05) is 0 Å². The molecule has 0 aromatic heterocycles. The molecule has 1 N–H and O–H groups in total. The van der Waals surface area contributed by atoms with Gasteiger partial charge in [0.25, 0.3) is 17.7 Å². The highest BCUT2D eigenvalue weighted by molar-refractivity contribution is 6.55. The largest absolute Gasteiger partial charge is 0.454 e. The zero-order valence-electron chi connectivity index (χ0n) is 19.3. The number of hydrogen-bond donors (Lipinski definition) is 1. The molecular formula is C23H16Cl5F3N2O5. The van der Waals surface area contributed by atoms with Gasteiger partial charge in [-0.1, -0.05) is 71.9 Å². The van der Waals surface area contributed by atoms with Crippen molar-refractivity contribution < 1.29 is 37.1 Å². The first-order chi connectivity index (χ1) is 17.6. The van der Waals surface area contributed by atoms with Gasteiger partial charge in [-0.25, -0.2) is 4.79 Å². The lowest BCUT2D eigenvalue weighted by atomic mass is 10.0. The molecule has 3 rings (SSSR count). The Labute approximate surface area is 239 Å². The number of imide groups is 1. The highest BCUT2D eigenvalue weighted by atomic mass is 35.5. The molecule has 1 aliphatic heterocycles. The molecule has 38 heavy (non-hydrogen) atoms. The van der Waals surface area contributed by atoms with E-state index in [1.165, 1.54) is 0 Å². The number of ether oxygens (including phenoxy) is 1. The molecule has 1 heterocycles. The molecule has 2 aromatic carbocycles. The molecule has 0 spiro atoms. The van der Waals surface area contributed by atoms with E-state index >= 15 is 0 Å². The number of alkyl halides is 3. The number of esters is 1. The Morgan fingerprint density at radius 1 is 0.947 bits per heavy atom. The van der Waals surface area contributed by atoms with Crippen molar-refractivity contribution in [3.8, 4) is 0 Å². The van der Waals surface area contributed by atoms with E-state index in [-0.39, 0.29) is 54.3 Å². The van der Waals surface area contributed by atoms with Crippen LogP contribution in [0.4, 0.5) is 18.9 Å². The highest BCUT2D eigenvalue weighted by Crippen LogP contribution is 2.45. The van der Waals surface area contributed by atoms with Crippen molar-refractivity contribution in [1.29, 1.82) is 0 Å². The number of halogens is 8. The van der Waals surface area contributed by atoms with Crippen LogP contribution in [0.1, 0.15) is 46.5 Å². The van der Waals surface area contributed by atoms with Crippen LogP contribution in [0.5, 0.6) is 0 Å². The normalized spacial score (nSPS) is 14.1. The maximum absolute atomic E-state index is 13.2. The Kier molecular flexibility index (Phi) is 9.15. The van der Waals surface area contributed by atoms with Gasteiger partial charge in [-0.3, -0.25) is 19.3 Å². The maximum atomic E-state index is 13.2. The van der Waals surface area contributed by atoms with Crippen molar-refractivity contribution in [3.63, 3.8) is 0 Å². The lowest BCUT2D eigenvalue weighted by Gasteiger charge is -2.26. The quantitative estimate of drug-likeness (QED) is 0.151. The molecule has 7 nitrogen and oxygen atoms in total. The number of nitrogens with one attached hydrogen (secondary N) is 1. The van der Waals surface area contributed by atoms with Crippen molar-refractivity contribution in [3.05, 3.63) is 60.0 Å². The minimum Gasteiger partial charge on any atom is -0.454 e. The number of hydrogen-bond acceptors (Lipinski definition) is 5. The van der Waals surface area contributed by atoms with Crippen LogP contribution in [0.25, 0.3) is 0 Å². The van der Waals surface area contributed by atoms with Gasteiger partial charge in [0.1, 0.15) is 6.04 Å². The molecule has 1 atom stereocenters. The zero-order valence-corrected chi connectivity index (χ0v) is 23.1. The summed E-state index contributed by atoms with van der Waals surface area (Å²) in [5.74, 6) is -4.35. The van der Waals surface area contributed by atoms with Crippen LogP contribution in [0.2, 0.25) is 25.1 Å². The predicted molar refractivity (Wildman–Crippen MR) is 136 cm³/mol. The van der Waals surface area contributed by atoms with Crippen molar-refractivity contribution in [2.75, 3.05) is 11.9 Å². The average Bonchev–Trinajstić information content (AvgIpc) is 3.08. The topological polar surface area (TPSA) is 92.8 Å². The summed E-state index contributed by atoms with van der Waals surface area (Å²) >= 11 is 30.2. The molecule has 0 saturated heterocycles. The maximum Gasteiger partial charge on any atom is 0.416 e. The molecule has 0 unspecified atom stereocenters. The van der Waals surface area contributed by atoms with Gasteiger partial charge in [0, 0.05) is 0 Å². The standard InChI is InChI=1S/C23H16Cl5F3N2O5/c1-8(2)5-12(33-20(35)14-15(21(33)36)17(26)19(28)18(27)16(14)25)22(37)38-7-13(34)32-11-6-9(23(29,30)31)3-4-10(11)24/h3-4,6,8,12H,5,7H2,1-2H3,(H,32,34)/t12-/m1/s1. The second kappa shape index (κ2) is 11.5. The summed E-state index contributed by atoms with van der Waals surface area (Å²) in [6.45, 7) is 2.45. The van der Waals surface area contributed by atoms with Crippen LogP contribution < -0.4 is 5.32 Å². The smallest absolute Gasteiger partial charge is 0.416 e. The summed E-state index contributed by atoms with van der Waals surface area (Å²) in [5.41, 5.74) is -2.10. The van der Waals surface area contributed by atoms with Crippen LogP contribution in [0.3, 0.4) is 0 Å². The molecule has 0 fully saturated rings. The minimum absolute atomic E-state index is 0.0674. The molecule has 15 heteroatoms. The first kappa shape index (κ1) is 30.3. The lowest BCUT2D eigenvalue weighted by molar-refractivity contribution is -0.151. The third-order valence-corrected chi connectivity index (χ3v) is 7.46. The number of fused-ring (bicyclic) bond motifs is 1. The van der Waals surface area contributed by atoms with Gasteiger partial charge >= 0.3 is 12.1 Å². The number of nitrogens with zero attached hydrogens (tertiary/aromatic N) is 1. The van der Waals surface area contributed by atoms with E-state index in [9.17, 15) is 32.3 Å². The van der Waals surface area contributed by atoms with Crippen LogP contribution in [0, 0.1) is 5.92 Å². The SMILES string of the molecule is CC(C)C[C@H](C(=O)OCC(=O)Nc1cc(C(F)(F)F)ccc1Cl)N1C(=O)c2c(Cl)c(Cl)c(Cl)c(Cl)c2C1=O. The summed E-state index contributed by atoms with van der Waals surface area (Å²) < 4.78 is 43.9. The van der Waals surface area contributed by atoms with Gasteiger partial charge in [0.05, 0.1) is 47.5 Å².